The average Bonchev–Trinajstić information content (AvgIpc) is 3.05. The van der Waals surface area contributed by atoms with Gasteiger partial charge in [-0.15, -0.1) is 0 Å². The summed E-state index contributed by atoms with van der Waals surface area (Å²) in [6.07, 6.45) is 14.2. The van der Waals surface area contributed by atoms with Gasteiger partial charge in [0.25, 0.3) is 0 Å². The number of carbonyl (C=O) groups excluding carboxylic acids is 3. The zero-order valence-electron chi connectivity index (χ0n) is 26.0. The molecule has 9 nitrogen and oxygen atoms in total. The lowest BCUT2D eigenvalue weighted by Crippen LogP contribution is -2.54. The van der Waals surface area contributed by atoms with E-state index in [1.807, 2.05) is 55.5 Å². The number of nitrogens with one attached hydrogen (secondary N) is 3. The van der Waals surface area contributed by atoms with E-state index in [-0.39, 0.29) is 11.8 Å². The number of nitrogens with two attached hydrogens (primary N) is 1. The number of carbonyl (C=O) groups is 3. The van der Waals surface area contributed by atoms with Crippen molar-refractivity contribution in [3.8, 4) is 0 Å². The number of anilines is 3. The van der Waals surface area contributed by atoms with Crippen molar-refractivity contribution in [3.63, 3.8) is 0 Å². The minimum Gasteiger partial charge on any atom is -0.369 e. The monoisotopic (exact) mass is 600 g/mol. The number of rotatable bonds is 9. The number of nitrogens with zero attached hydrogens (tertiary/aromatic N) is 2. The number of primary amides is 1. The fourth-order valence-corrected chi connectivity index (χ4v) is 7.25. The summed E-state index contributed by atoms with van der Waals surface area (Å²) in [6, 6.07) is 15.2. The van der Waals surface area contributed by atoms with Crippen LogP contribution in [0.3, 0.4) is 0 Å². The maximum absolute atomic E-state index is 13.1. The van der Waals surface area contributed by atoms with Crippen molar-refractivity contribution in [2.24, 2.45) is 11.1 Å². The molecule has 3 fully saturated rings. The first-order chi connectivity index (χ1) is 21.3. The Kier molecular flexibility index (Phi) is 10.6. The van der Waals surface area contributed by atoms with Crippen LogP contribution < -0.4 is 26.6 Å². The van der Waals surface area contributed by atoms with E-state index >= 15 is 0 Å². The van der Waals surface area contributed by atoms with Gasteiger partial charge >= 0.3 is 6.03 Å². The zero-order chi connectivity index (χ0) is 30.9. The van der Waals surface area contributed by atoms with Gasteiger partial charge in [-0.25, -0.2) is 4.79 Å². The molecule has 3 aliphatic rings. The molecule has 0 aromatic heterocycles. The molecule has 2 aromatic rings. The van der Waals surface area contributed by atoms with Crippen LogP contribution in [0.15, 0.2) is 54.6 Å². The maximum Gasteiger partial charge on any atom is 0.319 e. The topological polar surface area (TPSA) is 120 Å². The summed E-state index contributed by atoms with van der Waals surface area (Å²) < 4.78 is 0. The molecule has 2 aliphatic carbocycles. The molecular formula is C35H48N6O3. The minimum atomic E-state index is -0.733. The highest BCUT2D eigenvalue weighted by molar-refractivity contribution is 6.04. The molecule has 1 unspecified atom stereocenters. The number of urea groups is 1. The maximum atomic E-state index is 13.1. The van der Waals surface area contributed by atoms with E-state index in [9.17, 15) is 14.4 Å². The predicted molar refractivity (Wildman–Crippen MR) is 178 cm³/mol. The van der Waals surface area contributed by atoms with Crippen molar-refractivity contribution >= 4 is 41.0 Å². The molecule has 236 valence electrons. The zero-order valence-corrected chi connectivity index (χ0v) is 26.0. The molecule has 5 N–H and O–H groups in total. The Labute approximate surface area is 261 Å². The lowest BCUT2D eigenvalue weighted by Gasteiger charge is -2.42. The second-order valence-corrected chi connectivity index (χ2v) is 12.7. The molecule has 0 spiro atoms. The Morgan fingerprint density at radius 3 is 2.25 bits per heavy atom. The van der Waals surface area contributed by atoms with Crippen LogP contribution >= 0.6 is 0 Å². The highest BCUT2D eigenvalue weighted by Crippen LogP contribution is 2.39. The Hall–Kier alpha value is -3.85. The second-order valence-electron chi connectivity index (χ2n) is 12.7. The normalized spacial score (nSPS) is 20.2. The fourth-order valence-electron chi connectivity index (χ4n) is 7.25. The lowest BCUT2D eigenvalue weighted by molar-refractivity contribution is -0.131. The summed E-state index contributed by atoms with van der Waals surface area (Å²) in [6.45, 7) is 5.59. The van der Waals surface area contributed by atoms with Crippen molar-refractivity contribution in [2.45, 2.75) is 83.2 Å². The largest absolute Gasteiger partial charge is 0.369 e. The molecule has 1 saturated heterocycles. The van der Waals surface area contributed by atoms with Crippen LogP contribution in [0, 0.1) is 5.41 Å². The Morgan fingerprint density at radius 1 is 0.886 bits per heavy atom. The van der Waals surface area contributed by atoms with E-state index in [0.29, 0.717) is 30.3 Å². The van der Waals surface area contributed by atoms with Gasteiger partial charge in [-0.3, -0.25) is 14.5 Å². The van der Waals surface area contributed by atoms with Gasteiger partial charge in [-0.2, -0.15) is 0 Å². The van der Waals surface area contributed by atoms with Gasteiger partial charge < -0.3 is 26.6 Å². The number of amides is 4. The van der Waals surface area contributed by atoms with Gasteiger partial charge in [0.1, 0.15) is 0 Å². The molecule has 4 amide bonds. The molecule has 2 aromatic carbocycles. The molecule has 1 heterocycles. The van der Waals surface area contributed by atoms with E-state index in [2.05, 4.69) is 25.8 Å². The number of hydrogen-bond donors (Lipinski definition) is 4. The van der Waals surface area contributed by atoms with Gasteiger partial charge in [0.15, 0.2) is 0 Å². The van der Waals surface area contributed by atoms with Gasteiger partial charge in [-0.05, 0) is 62.4 Å². The summed E-state index contributed by atoms with van der Waals surface area (Å²) in [7, 11) is 0. The molecule has 5 rings (SSSR count). The standard InChI is InChI=1S/C35H48N6O3/c1-26(35(33(36)43)19-9-4-10-20-35)37-34(44)38-28-16-17-31(41-23-21-40(22-24-41)29-13-7-3-8-14-29)30(25-28)39-32(42)18-15-27-11-5-2-6-12-27/h2,5-6,11-12,15-18,25-26,29H,3-4,7-10,13-14,19-24H2,1H3,(H2,36,43)(H,39,42)(H2,37,38,44). The predicted octanol–water partition coefficient (Wildman–Crippen LogP) is 5.74. The van der Waals surface area contributed by atoms with Crippen LogP contribution in [0.2, 0.25) is 0 Å². The van der Waals surface area contributed by atoms with Crippen LogP contribution in [-0.4, -0.2) is 61.0 Å². The van der Waals surface area contributed by atoms with Crippen LogP contribution in [-0.2, 0) is 9.59 Å². The molecule has 2 saturated carbocycles. The van der Waals surface area contributed by atoms with Crippen molar-refractivity contribution < 1.29 is 14.4 Å². The highest BCUT2D eigenvalue weighted by Gasteiger charge is 2.43. The van der Waals surface area contributed by atoms with Gasteiger partial charge in [0.2, 0.25) is 11.8 Å². The average molecular weight is 601 g/mol. The first kappa shape index (κ1) is 31.6. The quantitative estimate of drug-likeness (QED) is 0.274. The van der Waals surface area contributed by atoms with Crippen LogP contribution in [0.25, 0.3) is 6.08 Å². The number of piperazine rings is 1. The molecular weight excluding hydrogens is 552 g/mol. The van der Waals surface area contributed by atoms with Gasteiger partial charge in [-0.1, -0.05) is 68.9 Å². The SMILES string of the molecule is CC(NC(=O)Nc1ccc(N2CCN(C3CCCCC3)CC2)c(NC(=O)C=Cc2ccccc2)c1)C1(C(N)=O)CCCCC1. The van der Waals surface area contributed by atoms with Gasteiger partial charge in [0.05, 0.1) is 16.8 Å². The van der Waals surface area contributed by atoms with E-state index in [4.69, 9.17) is 5.73 Å². The third kappa shape index (κ3) is 7.80. The van der Waals surface area contributed by atoms with E-state index in [1.165, 1.54) is 38.2 Å². The van der Waals surface area contributed by atoms with E-state index in [0.717, 1.165) is 56.7 Å². The van der Waals surface area contributed by atoms with E-state index < -0.39 is 17.5 Å². The van der Waals surface area contributed by atoms with Crippen molar-refractivity contribution in [3.05, 3.63) is 60.2 Å². The molecule has 0 bridgehead atoms. The summed E-state index contributed by atoms with van der Waals surface area (Å²) in [4.78, 5) is 43.6. The summed E-state index contributed by atoms with van der Waals surface area (Å²) in [5.74, 6) is -0.599. The van der Waals surface area contributed by atoms with Crippen LogP contribution in [0.5, 0.6) is 0 Å². The van der Waals surface area contributed by atoms with Crippen LogP contribution in [0.1, 0.15) is 76.7 Å². The first-order valence-electron chi connectivity index (χ1n) is 16.4. The van der Waals surface area contributed by atoms with Crippen LogP contribution in [0.4, 0.5) is 21.9 Å². The smallest absolute Gasteiger partial charge is 0.319 e. The minimum absolute atomic E-state index is 0.244. The second kappa shape index (κ2) is 14.8. The summed E-state index contributed by atoms with van der Waals surface area (Å²) in [5, 5.41) is 8.95. The Balaban J connectivity index is 1.29. The molecule has 0 radical (unpaired) electrons. The summed E-state index contributed by atoms with van der Waals surface area (Å²) in [5.41, 5.74) is 8.17. The molecule has 1 aliphatic heterocycles. The van der Waals surface area contributed by atoms with Gasteiger partial charge in [0, 0.05) is 50.0 Å². The number of hydrogen-bond acceptors (Lipinski definition) is 5. The molecule has 44 heavy (non-hydrogen) atoms. The van der Waals surface area contributed by atoms with E-state index in [1.54, 1.807) is 6.08 Å². The molecule has 9 heteroatoms. The van der Waals surface area contributed by atoms with Crippen molar-refractivity contribution in [1.82, 2.24) is 10.2 Å². The van der Waals surface area contributed by atoms with Crippen molar-refractivity contribution in [2.75, 3.05) is 41.7 Å². The third-order valence-electron chi connectivity index (χ3n) is 9.90. The Morgan fingerprint density at radius 2 is 1.57 bits per heavy atom. The Bertz CT molecular complexity index is 1310. The fraction of sp³-hybridized carbons (Fsp3) is 0.514. The third-order valence-corrected chi connectivity index (χ3v) is 9.90. The van der Waals surface area contributed by atoms with Crippen molar-refractivity contribution in [1.29, 1.82) is 0 Å². The highest BCUT2D eigenvalue weighted by atomic mass is 16.2. The molecule has 1 atom stereocenters. The summed E-state index contributed by atoms with van der Waals surface area (Å²) >= 11 is 0. The lowest BCUT2D eigenvalue weighted by atomic mass is 9.69. The first-order valence-corrected chi connectivity index (χ1v) is 16.4. The number of benzene rings is 2.